The predicted octanol–water partition coefficient (Wildman–Crippen LogP) is 12.0. The molecule has 0 aliphatic rings. The van der Waals surface area contributed by atoms with Gasteiger partial charge in [0.1, 0.15) is 0 Å². The van der Waals surface area contributed by atoms with Gasteiger partial charge in [-0.2, -0.15) is 0 Å². The molecule has 0 saturated carbocycles. The standard InChI is InChI=1S/C46H29N3/c1-2-10-37-30(8-1)9-7-14-44(37)49-45-29-33(36-22-21-35(31-23-26-47-27-24-31)39-11-3-4-12-40(36)39)15-19-41(45)42-20-16-32-28-34(17-18-38(32)46(42)49)43-13-5-6-25-48-43/h1-29H. The maximum absolute atomic E-state index is 4.63. The maximum atomic E-state index is 4.63. The largest absolute Gasteiger partial charge is 0.308 e. The van der Waals surface area contributed by atoms with E-state index in [1.165, 1.54) is 82.1 Å². The molecule has 7 aromatic carbocycles. The normalized spacial score (nSPS) is 11.7. The van der Waals surface area contributed by atoms with E-state index in [1.54, 1.807) is 0 Å². The van der Waals surface area contributed by atoms with Crippen molar-refractivity contribution in [1.82, 2.24) is 14.5 Å². The molecule has 3 aromatic heterocycles. The van der Waals surface area contributed by atoms with Gasteiger partial charge >= 0.3 is 0 Å². The highest BCUT2D eigenvalue weighted by Crippen LogP contribution is 2.42. The molecular formula is C46H29N3. The average Bonchev–Trinajstić information content (AvgIpc) is 3.51. The third-order valence-electron chi connectivity index (χ3n) is 9.94. The fourth-order valence-electron chi connectivity index (χ4n) is 7.68. The maximum Gasteiger partial charge on any atom is 0.0702 e. The zero-order valence-corrected chi connectivity index (χ0v) is 26.6. The lowest BCUT2D eigenvalue weighted by Crippen LogP contribution is -1.96. The summed E-state index contributed by atoms with van der Waals surface area (Å²) in [6, 6.07) is 57.1. The number of hydrogen-bond acceptors (Lipinski definition) is 2. The monoisotopic (exact) mass is 623 g/mol. The first-order chi connectivity index (χ1) is 24.3. The van der Waals surface area contributed by atoms with Crippen molar-refractivity contribution in [1.29, 1.82) is 0 Å². The van der Waals surface area contributed by atoms with Crippen LogP contribution in [0.15, 0.2) is 176 Å². The fraction of sp³-hybridized carbons (Fsp3) is 0. The van der Waals surface area contributed by atoms with Crippen LogP contribution in [0.1, 0.15) is 0 Å². The van der Waals surface area contributed by atoms with Crippen LogP contribution in [0.3, 0.4) is 0 Å². The van der Waals surface area contributed by atoms with Gasteiger partial charge in [0.05, 0.1) is 22.4 Å². The van der Waals surface area contributed by atoms with Crippen molar-refractivity contribution in [3.63, 3.8) is 0 Å². The summed E-state index contributed by atoms with van der Waals surface area (Å²) in [5, 5.41) is 9.80. The number of fused-ring (bicyclic) bond motifs is 7. The Balaban J connectivity index is 1.27. The van der Waals surface area contributed by atoms with Gasteiger partial charge in [0.15, 0.2) is 0 Å². The van der Waals surface area contributed by atoms with E-state index in [2.05, 4.69) is 160 Å². The molecule has 3 heteroatoms. The zero-order chi connectivity index (χ0) is 32.3. The zero-order valence-electron chi connectivity index (χ0n) is 26.6. The smallest absolute Gasteiger partial charge is 0.0702 e. The first-order valence-corrected chi connectivity index (χ1v) is 16.6. The summed E-state index contributed by atoms with van der Waals surface area (Å²) in [4.78, 5) is 8.87. The van der Waals surface area contributed by atoms with E-state index in [9.17, 15) is 0 Å². The Hall–Kier alpha value is -6.58. The highest BCUT2D eigenvalue weighted by atomic mass is 15.0. The van der Waals surface area contributed by atoms with Crippen molar-refractivity contribution in [2.45, 2.75) is 0 Å². The highest BCUT2D eigenvalue weighted by Gasteiger charge is 2.19. The molecule has 0 bridgehead atoms. The lowest BCUT2D eigenvalue weighted by atomic mass is 9.92. The van der Waals surface area contributed by atoms with Gasteiger partial charge in [0.2, 0.25) is 0 Å². The summed E-state index contributed by atoms with van der Waals surface area (Å²) in [5.41, 5.74) is 10.5. The summed E-state index contributed by atoms with van der Waals surface area (Å²) in [6.45, 7) is 0. The molecule has 49 heavy (non-hydrogen) atoms. The van der Waals surface area contributed by atoms with Gasteiger partial charge in [-0.25, -0.2) is 0 Å². The van der Waals surface area contributed by atoms with E-state index in [0.29, 0.717) is 0 Å². The molecule has 0 radical (unpaired) electrons. The molecule has 228 valence electrons. The van der Waals surface area contributed by atoms with Crippen LogP contribution >= 0.6 is 0 Å². The number of nitrogens with zero attached hydrogens (tertiary/aromatic N) is 3. The van der Waals surface area contributed by atoms with Crippen LogP contribution < -0.4 is 0 Å². The van der Waals surface area contributed by atoms with Gasteiger partial charge in [-0.1, -0.05) is 115 Å². The second kappa shape index (κ2) is 11.0. The number of benzene rings is 7. The number of hydrogen-bond donors (Lipinski definition) is 0. The fourth-order valence-corrected chi connectivity index (χ4v) is 7.68. The van der Waals surface area contributed by atoms with Gasteiger partial charge < -0.3 is 4.57 Å². The summed E-state index contributed by atoms with van der Waals surface area (Å²) >= 11 is 0. The minimum absolute atomic E-state index is 0.978. The molecule has 10 aromatic rings. The van der Waals surface area contributed by atoms with Crippen LogP contribution in [0.2, 0.25) is 0 Å². The Morgan fingerprint density at radius 2 is 1.08 bits per heavy atom. The molecule has 0 spiro atoms. The summed E-state index contributed by atoms with van der Waals surface area (Å²) in [5.74, 6) is 0. The second-order valence-corrected chi connectivity index (χ2v) is 12.6. The highest BCUT2D eigenvalue weighted by molar-refractivity contribution is 6.20. The third kappa shape index (κ3) is 4.37. The Kier molecular flexibility index (Phi) is 6.18. The molecule has 3 nitrogen and oxygen atoms in total. The number of aromatic nitrogens is 3. The molecule has 10 rings (SSSR count). The first kappa shape index (κ1) is 27.5. The van der Waals surface area contributed by atoms with Crippen molar-refractivity contribution in [2.75, 3.05) is 0 Å². The van der Waals surface area contributed by atoms with Crippen molar-refractivity contribution < 1.29 is 0 Å². The molecule has 0 aliphatic heterocycles. The molecule has 0 unspecified atom stereocenters. The van der Waals surface area contributed by atoms with E-state index in [1.807, 2.05) is 30.7 Å². The van der Waals surface area contributed by atoms with Gasteiger partial charge in [-0.15, -0.1) is 0 Å². The Bertz CT molecular complexity index is 2860. The van der Waals surface area contributed by atoms with E-state index in [0.717, 1.165) is 11.3 Å². The van der Waals surface area contributed by atoms with Crippen LogP contribution in [-0.2, 0) is 0 Å². The van der Waals surface area contributed by atoms with Crippen molar-refractivity contribution in [2.24, 2.45) is 0 Å². The van der Waals surface area contributed by atoms with Gasteiger partial charge in [-0.3, -0.25) is 9.97 Å². The van der Waals surface area contributed by atoms with E-state index < -0.39 is 0 Å². The van der Waals surface area contributed by atoms with Gasteiger partial charge in [0.25, 0.3) is 0 Å². The Morgan fingerprint density at radius 3 is 1.90 bits per heavy atom. The van der Waals surface area contributed by atoms with Crippen molar-refractivity contribution >= 4 is 54.1 Å². The first-order valence-electron chi connectivity index (χ1n) is 16.6. The van der Waals surface area contributed by atoms with Crippen LogP contribution in [0, 0.1) is 0 Å². The molecule has 0 aliphatic carbocycles. The second-order valence-electron chi connectivity index (χ2n) is 12.6. The third-order valence-corrected chi connectivity index (χ3v) is 9.94. The van der Waals surface area contributed by atoms with Crippen LogP contribution in [0.25, 0.3) is 93.3 Å². The lowest BCUT2D eigenvalue weighted by Gasteiger charge is -2.15. The molecule has 0 atom stereocenters. The SMILES string of the molecule is c1ccc(-c2ccc3c(ccc4c5ccc(-c6ccc(-c7ccncc7)c7ccccc67)cc5n(-c5cccc6ccccc56)c34)c2)nc1. The molecule has 3 heterocycles. The lowest BCUT2D eigenvalue weighted by molar-refractivity contribution is 1.20. The van der Waals surface area contributed by atoms with Crippen molar-refractivity contribution in [3.8, 4) is 39.2 Å². The molecular weight excluding hydrogens is 595 g/mol. The molecule has 0 fully saturated rings. The van der Waals surface area contributed by atoms with Crippen LogP contribution in [-0.4, -0.2) is 14.5 Å². The van der Waals surface area contributed by atoms with Crippen LogP contribution in [0.5, 0.6) is 0 Å². The topological polar surface area (TPSA) is 30.7 Å². The summed E-state index contributed by atoms with van der Waals surface area (Å²) in [7, 11) is 0. The Labute approximate surface area is 283 Å². The minimum atomic E-state index is 0.978. The van der Waals surface area contributed by atoms with Gasteiger partial charge in [-0.05, 0) is 86.3 Å². The van der Waals surface area contributed by atoms with E-state index >= 15 is 0 Å². The number of pyridine rings is 2. The van der Waals surface area contributed by atoms with Gasteiger partial charge in [0, 0.05) is 45.7 Å². The molecule has 0 saturated heterocycles. The summed E-state index contributed by atoms with van der Waals surface area (Å²) < 4.78 is 2.49. The van der Waals surface area contributed by atoms with E-state index in [4.69, 9.17) is 0 Å². The number of rotatable bonds is 4. The molecule has 0 amide bonds. The predicted molar refractivity (Wildman–Crippen MR) is 205 cm³/mol. The summed E-state index contributed by atoms with van der Waals surface area (Å²) in [6.07, 6.45) is 5.58. The Morgan fingerprint density at radius 1 is 0.388 bits per heavy atom. The minimum Gasteiger partial charge on any atom is -0.308 e. The quantitative estimate of drug-likeness (QED) is 0.195. The molecule has 0 N–H and O–H groups in total. The van der Waals surface area contributed by atoms with E-state index in [-0.39, 0.29) is 0 Å². The van der Waals surface area contributed by atoms with Crippen molar-refractivity contribution in [3.05, 3.63) is 176 Å². The van der Waals surface area contributed by atoms with Crippen LogP contribution in [0.4, 0.5) is 0 Å². The average molecular weight is 624 g/mol.